The minimum Gasteiger partial charge on any atom is -0.394 e. The maximum Gasteiger partial charge on any atom is 0.355 e. The van der Waals surface area contributed by atoms with Gasteiger partial charge < -0.3 is 64.7 Å². The van der Waals surface area contributed by atoms with Crippen LogP contribution < -0.4 is 0 Å². The Labute approximate surface area is 167 Å². The molecule has 30 heavy (non-hydrogen) atoms. The summed E-state index contributed by atoms with van der Waals surface area (Å²) in [6, 6.07) is 0. The van der Waals surface area contributed by atoms with Crippen LogP contribution in [0.3, 0.4) is 0 Å². The van der Waals surface area contributed by atoms with Gasteiger partial charge in [0.1, 0.15) is 18.3 Å². The second kappa shape index (κ2) is 10.5. The quantitative estimate of drug-likeness (QED) is 0.105. The molecule has 0 bridgehead atoms. The van der Waals surface area contributed by atoms with E-state index < -0.39 is 83.9 Å². The lowest BCUT2D eigenvalue weighted by molar-refractivity contribution is -0.119. The summed E-state index contributed by atoms with van der Waals surface area (Å²) in [5.41, 5.74) is -7.20. The highest BCUT2D eigenvalue weighted by Gasteiger charge is 2.59. The molecule has 0 saturated heterocycles. The van der Waals surface area contributed by atoms with Crippen LogP contribution in [0.1, 0.15) is 0 Å². The maximum absolute atomic E-state index is 11.6. The van der Waals surface area contributed by atoms with Gasteiger partial charge in [-0.15, -0.1) is 0 Å². The monoisotopic (exact) mass is 529 g/mol. The number of rotatable bonds is 12. The molecule has 0 aromatic heterocycles. The van der Waals surface area contributed by atoms with Crippen LogP contribution in [-0.2, 0) is 18.3 Å². The van der Waals surface area contributed by atoms with Crippen molar-refractivity contribution in [3.8, 4) is 0 Å². The Morgan fingerprint density at radius 3 is 1.07 bits per heavy atom. The molecule has 0 saturated carbocycles. The molecular formula is C8H23NO17P4. The van der Waals surface area contributed by atoms with E-state index in [0.717, 1.165) is 0 Å². The van der Waals surface area contributed by atoms with Gasteiger partial charge in [-0.25, -0.2) is 0 Å². The fourth-order valence-corrected chi connectivity index (χ4v) is 8.37. The van der Waals surface area contributed by atoms with Gasteiger partial charge in [0, 0.05) is 6.54 Å². The van der Waals surface area contributed by atoms with E-state index in [4.69, 9.17) is 5.11 Å². The van der Waals surface area contributed by atoms with Crippen molar-refractivity contribution >= 4 is 30.4 Å². The highest BCUT2D eigenvalue weighted by atomic mass is 31.2. The van der Waals surface area contributed by atoms with Crippen molar-refractivity contribution in [1.82, 2.24) is 4.90 Å². The zero-order valence-corrected chi connectivity index (χ0v) is 18.1. The fourth-order valence-electron chi connectivity index (χ4n) is 2.36. The summed E-state index contributed by atoms with van der Waals surface area (Å²) in [6.07, 6.45) is -9.78. The van der Waals surface area contributed by atoms with Crippen LogP contribution >= 0.6 is 30.4 Å². The van der Waals surface area contributed by atoms with Crippen LogP contribution in [0, 0.1) is 0 Å². The van der Waals surface area contributed by atoms with Crippen LogP contribution in [0.2, 0.25) is 0 Å². The molecule has 182 valence electrons. The van der Waals surface area contributed by atoms with Crippen molar-refractivity contribution < 1.29 is 82.9 Å². The Kier molecular flexibility index (Phi) is 10.7. The first-order valence-corrected chi connectivity index (χ1v) is 14.1. The Balaban J connectivity index is 6.59. The SMILES string of the molecule is O=P(O)(O)C(N(C[C@H](O)[C@@H](O)[C@H](O)[C@H](O)CO)C(P(=O)(O)O)P(=O)(O)O)P(=O)(O)O. The van der Waals surface area contributed by atoms with Crippen LogP contribution in [0.25, 0.3) is 0 Å². The molecule has 0 fully saturated rings. The summed E-state index contributed by atoms with van der Waals surface area (Å²) in [7, 11) is -24.6. The predicted molar refractivity (Wildman–Crippen MR) is 93.6 cm³/mol. The summed E-state index contributed by atoms with van der Waals surface area (Å²) in [5.74, 6) is 0. The lowest BCUT2D eigenvalue weighted by atomic mass is 10.0. The Bertz CT molecular complexity index is 659. The second-order valence-corrected chi connectivity index (χ2v) is 13.5. The molecule has 0 spiro atoms. The number of nitrogens with zero attached hydrogens (tertiary/aromatic N) is 1. The van der Waals surface area contributed by atoms with E-state index in [-0.39, 0.29) is 0 Å². The van der Waals surface area contributed by atoms with E-state index in [0.29, 0.717) is 0 Å². The third-order valence-electron chi connectivity index (χ3n) is 3.52. The third-order valence-corrected chi connectivity index (χ3v) is 10.7. The van der Waals surface area contributed by atoms with Crippen LogP contribution in [0.4, 0.5) is 0 Å². The van der Waals surface area contributed by atoms with Gasteiger partial charge in [0.15, 0.2) is 0 Å². The lowest BCUT2D eigenvalue weighted by Crippen LogP contribution is -2.53. The summed E-state index contributed by atoms with van der Waals surface area (Å²) < 4.78 is 46.4. The van der Waals surface area contributed by atoms with Crippen molar-refractivity contribution in [2.45, 2.75) is 35.5 Å². The predicted octanol–water partition coefficient (Wildman–Crippen LogP) is -5.00. The molecule has 0 aromatic rings. The third kappa shape index (κ3) is 8.37. The van der Waals surface area contributed by atoms with E-state index in [9.17, 15) is 77.8 Å². The van der Waals surface area contributed by atoms with Crippen molar-refractivity contribution in [2.24, 2.45) is 0 Å². The standard InChI is InChI=1S/C8H23NO17P4/c10-2-4(12)6(14)5(13)3(11)1-9(7(27(15,16)17)28(18,19)20)8(29(21,22)23)30(24,25)26/h3-8,10-14H,1-2H2,(H2,15,16,17)(H2,18,19,20)(H2,21,22,23)(H2,24,25,26)/t3-,4+,5+,6+/m0/s1. The first-order valence-electron chi connectivity index (χ1n) is 7.36. The normalized spacial score (nSPS) is 18.7. The molecule has 4 atom stereocenters. The topological polar surface area (TPSA) is 335 Å². The van der Waals surface area contributed by atoms with E-state index in [2.05, 4.69) is 0 Å². The van der Waals surface area contributed by atoms with E-state index >= 15 is 0 Å². The summed E-state index contributed by atoms with van der Waals surface area (Å²) in [5, 5.41) is 47.1. The largest absolute Gasteiger partial charge is 0.394 e. The molecule has 0 aliphatic rings. The van der Waals surface area contributed by atoms with Crippen molar-refractivity contribution in [1.29, 1.82) is 0 Å². The summed E-state index contributed by atoms with van der Waals surface area (Å²) >= 11 is 0. The highest BCUT2D eigenvalue weighted by molar-refractivity contribution is 7.72. The van der Waals surface area contributed by atoms with Gasteiger partial charge in [0.05, 0.1) is 12.7 Å². The first-order chi connectivity index (χ1) is 13.1. The van der Waals surface area contributed by atoms with Gasteiger partial charge in [-0.05, 0) is 0 Å². The molecule has 0 amide bonds. The smallest absolute Gasteiger partial charge is 0.355 e. The van der Waals surface area contributed by atoms with Crippen molar-refractivity contribution in [2.75, 3.05) is 13.2 Å². The molecule has 0 aromatic carbocycles. The maximum atomic E-state index is 11.6. The molecule has 0 radical (unpaired) electrons. The zero-order chi connectivity index (χ0) is 24.5. The molecule has 18 nitrogen and oxygen atoms in total. The number of aliphatic hydroxyl groups excluding tert-OH is 5. The molecule has 13 N–H and O–H groups in total. The molecule has 0 aliphatic heterocycles. The molecule has 22 heteroatoms. The molecule has 0 aliphatic carbocycles. The number of hydrogen-bond donors (Lipinski definition) is 13. The molecule has 0 unspecified atom stereocenters. The molecule has 0 heterocycles. The minimum atomic E-state index is -6.15. The second-order valence-electron chi connectivity index (χ2n) is 6.04. The Hall–Kier alpha value is 0.360. The van der Waals surface area contributed by atoms with E-state index in [1.807, 2.05) is 0 Å². The van der Waals surface area contributed by atoms with Gasteiger partial charge in [-0.2, -0.15) is 0 Å². The van der Waals surface area contributed by atoms with Crippen molar-refractivity contribution in [3.05, 3.63) is 0 Å². The summed E-state index contributed by atoms with van der Waals surface area (Å²) in [6.45, 7) is -3.02. The number of aliphatic hydroxyl groups is 5. The van der Waals surface area contributed by atoms with Gasteiger partial charge in [-0.3, -0.25) is 23.2 Å². The molecular weight excluding hydrogens is 506 g/mol. The van der Waals surface area contributed by atoms with Gasteiger partial charge in [-0.1, -0.05) is 0 Å². The zero-order valence-electron chi connectivity index (χ0n) is 14.6. The fraction of sp³-hybridized carbons (Fsp3) is 1.00. The summed E-state index contributed by atoms with van der Waals surface area (Å²) in [4.78, 5) is 73.3. The van der Waals surface area contributed by atoms with Gasteiger partial charge >= 0.3 is 30.4 Å². The lowest BCUT2D eigenvalue weighted by Gasteiger charge is -2.39. The highest BCUT2D eigenvalue weighted by Crippen LogP contribution is 2.68. The van der Waals surface area contributed by atoms with E-state index in [1.54, 1.807) is 0 Å². The minimum absolute atomic E-state index is 0.755. The average molecular weight is 529 g/mol. The molecule has 0 rings (SSSR count). The Morgan fingerprint density at radius 2 is 0.833 bits per heavy atom. The van der Waals surface area contributed by atoms with Gasteiger partial charge in [0.25, 0.3) is 0 Å². The van der Waals surface area contributed by atoms with Crippen LogP contribution in [0.15, 0.2) is 0 Å². The van der Waals surface area contributed by atoms with Crippen molar-refractivity contribution in [3.63, 3.8) is 0 Å². The van der Waals surface area contributed by atoms with Crippen LogP contribution in [0.5, 0.6) is 0 Å². The average Bonchev–Trinajstić information content (AvgIpc) is 2.46. The van der Waals surface area contributed by atoms with Gasteiger partial charge in [0.2, 0.25) is 11.0 Å². The Morgan fingerprint density at radius 1 is 0.567 bits per heavy atom. The number of hydrogen-bond acceptors (Lipinski definition) is 10. The van der Waals surface area contributed by atoms with Crippen LogP contribution in [-0.4, -0.2) is 118 Å². The van der Waals surface area contributed by atoms with E-state index in [1.165, 1.54) is 0 Å². The first kappa shape index (κ1) is 30.4.